The zero-order chi connectivity index (χ0) is 16.7. The van der Waals surface area contributed by atoms with Gasteiger partial charge in [-0.15, -0.1) is 10.2 Å². The number of hydrogen-bond donors (Lipinski definition) is 0. The molecule has 4 aromatic rings. The van der Waals surface area contributed by atoms with Gasteiger partial charge in [0.25, 0.3) is 5.89 Å². The predicted octanol–water partition coefficient (Wildman–Crippen LogP) is 3.42. The monoisotopic (exact) mass is 341 g/mol. The van der Waals surface area contributed by atoms with Crippen LogP contribution in [-0.2, 0) is 0 Å². The Morgan fingerprint density at radius 3 is 2.88 bits per heavy atom. The summed E-state index contributed by atoms with van der Waals surface area (Å²) in [4.78, 5) is 4.45. The largest absolute Gasteiger partial charge is 0.496 e. The fourth-order valence-corrected chi connectivity index (χ4v) is 2.61. The highest BCUT2D eigenvalue weighted by molar-refractivity contribution is 6.30. The molecule has 0 bridgehead atoms. The van der Waals surface area contributed by atoms with Crippen molar-refractivity contribution in [2.45, 2.75) is 6.92 Å². The molecule has 0 saturated carbocycles. The maximum absolute atomic E-state index is 6.06. The van der Waals surface area contributed by atoms with Gasteiger partial charge in [-0.3, -0.25) is 4.40 Å². The minimum Gasteiger partial charge on any atom is -0.496 e. The molecule has 8 heteroatoms. The molecule has 0 radical (unpaired) electrons. The Bertz CT molecular complexity index is 1040. The third kappa shape index (κ3) is 2.39. The van der Waals surface area contributed by atoms with E-state index in [-0.39, 0.29) is 0 Å². The van der Waals surface area contributed by atoms with Gasteiger partial charge in [0, 0.05) is 16.8 Å². The molecule has 4 rings (SSSR count). The summed E-state index contributed by atoms with van der Waals surface area (Å²) < 4.78 is 12.6. The van der Waals surface area contributed by atoms with Crippen LogP contribution in [0.2, 0.25) is 5.02 Å². The van der Waals surface area contributed by atoms with Gasteiger partial charge in [0.15, 0.2) is 5.65 Å². The van der Waals surface area contributed by atoms with Gasteiger partial charge < -0.3 is 9.26 Å². The fraction of sp³-hybridized carbons (Fsp3) is 0.125. The van der Waals surface area contributed by atoms with Crippen molar-refractivity contribution in [3.63, 3.8) is 0 Å². The molecule has 3 heterocycles. The molecular formula is C16H12ClN5O2. The van der Waals surface area contributed by atoms with Crippen LogP contribution in [0.1, 0.15) is 5.82 Å². The second-order valence-electron chi connectivity index (χ2n) is 5.16. The highest BCUT2D eigenvalue weighted by atomic mass is 35.5. The molecule has 3 aromatic heterocycles. The van der Waals surface area contributed by atoms with Crippen LogP contribution >= 0.6 is 11.6 Å². The van der Waals surface area contributed by atoms with Crippen molar-refractivity contribution in [1.29, 1.82) is 0 Å². The number of fused-ring (bicyclic) bond motifs is 1. The molecule has 24 heavy (non-hydrogen) atoms. The first-order valence-corrected chi connectivity index (χ1v) is 7.53. The van der Waals surface area contributed by atoms with Crippen molar-refractivity contribution in [3.8, 4) is 28.6 Å². The van der Waals surface area contributed by atoms with Crippen LogP contribution in [0.3, 0.4) is 0 Å². The van der Waals surface area contributed by atoms with E-state index in [0.717, 1.165) is 17.0 Å². The summed E-state index contributed by atoms with van der Waals surface area (Å²) in [6, 6.07) is 8.95. The lowest BCUT2D eigenvalue weighted by molar-refractivity contribution is 0.405. The molecule has 7 nitrogen and oxygen atoms in total. The number of aromatic nitrogens is 5. The third-order valence-corrected chi connectivity index (χ3v) is 3.88. The number of nitrogens with zero attached hydrogens (tertiary/aromatic N) is 5. The van der Waals surface area contributed by atoms with Crippen molar-refractivity contribution in [3.05, 3.63) is 47.4 Å². The molecule has 0 atom stereocenters. The highest BCUT2D eigenvalue weighted by Crippen LogP contribution is 2.32. The average molecular weight is 342 g/mol. The number of methoxy groups -OCH3 is 1. The van der Waals surface area contributed by atoms with Crippen LogP contribution in [-0.4, -0.2) is 31.8 Å². The summed E-state index contributed by atoms with van der Waals surface area (Å²) in [5.41, 5.74) is 2.20. The van der Waals surface area contributed by atoms with E-state index >= 15 is 0 Å². The minimum absolute atomic E-state index is 0.338. The summed E-state index contributed by atoms with van der Waals surface area (Å²) in [7, 11) is 1.58. The number of pyridine rings is 1. The van der Waals surface area contributed by atoms with Crippen LogP contribution in [0.25, 0.3) is 28.5 Å². The third-order valence-electron chi connectivity index (χ3n) is 3.65. The topological polar surface area (TPSA) is 78.3 Å². The van der Waals surface area contributed by atoms with E-state index in [1.165, 1.54) is 0 Å². The number of benzene rings is 1. The molecule has 0 amide bonds. The Hall–Kier alpha value is -2.93. The van der Waals surface area contributed by atoms with Crippen LogP contribution in [0.15, 0.2) is 41.1 Å². The molecule has 0 aliphatic heterocycles. The van der Waals surface area contributed by atoms with Gasteiger partial charge in [0.1, 0.15) is 11.6 Å². The second-order valence-corrected chi connectivity index (χ2v) is 5.60. The fourth-order valence-electron chi connectivity index (χ4n) is 2.44. The summed E-state index contributed by atoms with van der Waals surface area (Å²) in [6.45, 7) is 1.88. The first-order chi connectivity index (χ1) is 11.7. The summed E-state index contributed by atoms with van der Waals surface area (Å²) >= 11 is 6.06. The van der Waals surface area contributed by atoms with E-state index < -0.39 is 0 Å². The SMILES string of the molecule is COc1ccc(Cl)cc1-c1nc(-c2ccc3nnc(C)n3c2)no1. The zero-order valence-electron chi connectivity index (χ0n) is 12.9. The zero-order valence-corrected chi connectivity index (χ0v) is 13.7. The summed E-state index contributed by atoms with van der Waals surface area (Å²) in [6.07, 6.45) is 1.87. The molecular weight excluding hydrogens is 330 g/mol. The van der Waals surface area contributed by atoms with E-state index in [1.807, 2.05) is 29.7 Å². The molecule has 0 spiro atoms. The lowest BCUT2D eigenvalue weighted by Crippen LogP contribution is -1.91. The first-order valence-electron chi connectivity index (χ1n) is 7.15. The molecule has 1 aromatic carbocycles. The summed E-state index contributed by atoms with van der Waals surface area (Å²) in [5.74, 6) is 2.19. The second kappa shape index (κ2) is 5.61. The smallest absolute Gasteiger partial charge is 0.262 e. The molecule has 0 aliphatic carbocycles. The van der Waals surface area contributed by atoms with Crippen molar-refractivity contribution >= 4 is 17.2 Å². The Morgan fingerprint density at radius 2 is 2.04 bits per heavy atom. The molecule has 120 valence electrons. The first kappa shape index (κ1) is 14.6. The van der Waals surface area contributed by atoms with Gasteiger partial charge in [-0.25, -0.2) is 0 Å². The van der Waals surface area contributed by atoms with Crippen LogP contribution in [0, 0.1) is 6.92 Å². The van der Waals surface area contributed by atoms with Crippen LogP contribution < -0.4 is 4.74 Å². The quantitative estimate of drug-likeness (QED) is 0.568. The van der Waals surface area contributed by atoms with E-state index in [0.29, 0.717) is 28.1 Å². The van der Waals surface area contributed by atoms with E-state index in [4.69, 9.17) is 20.9 Å². The van der Waals surface area contributed by atoms with E-state index in [9.17, 15) is 0 Å². The van der Waals surface area contributed by atoms with Crippen molar-refractivity contribution in [1.82, 2.24) is 24.7 Å². The Balaban J connectivity index is 1.79. The number of rotatable bonds is 3. The summed E-state index contributed by atoms with van der Waals surface area (Å²) in [5, 5.41) is 12.7. The van der Waals surface area contributed by atoms with Crippen LogP contribution in [0.5, 0.6) is 5.75 Å². The number of hydrogen-bond acceptors (Lipinski definition) is 6. The molecule has 0 aliphatic rings. The number of ether oxygens (including phenoxy) is 1. The van der Waals surface area contributed by atoms with Gasteiger partial charge in [-0.1, -0.05) is 16.8 Å². The predicted molar refractivity (Wildman–Crippen MR) is 88.0 cm³/mol. The average Bonchev–Trinajstić information content (AvgIpc) is 3.22. The minimum atomic E-state index is 0.338. The van der Waals surface area contributed by atoms with Gasteiger partial charge in [0.05, 0.1) is 12.7 Å². The lowest BCUT2D eigenvalue weighted by atomic mass is 10.2. The van der Waals surface area contributed by atoms with E-state index in [2.05, 4.69) is 20.3 Å². The van der Waals surface area contributed by atoms with Crippen molar-refractivity contribution in [2.24, 2.45) is 0 Å². The Labute approximate surface area is 141 Å². The molecule has 0 unspecified atom stereocenters. The molecule has 0 N–H and O–H groups in total. The van der Waals surface area contributed by atoms with Crippen molar-refractivity contribution in [2.75, 3.05) is 7.11 Å². The van der Waals surface area contributed by atoms with Crippen molar-refractivity contribution < 1.29 is 9.26 Å². The van der Waals surface area contributed by atoms with Gasteiger partial charge in [0.2, 0.25) is 5.82 Å². The molecule has 0 saturated heterocycles. The standard InChI is InChI=1S/C16H12ClN5O2/c1-9-19-20-14-6-3-10(8-22(9)14)15-18-16(24-21-15)12-7-11(17)4-5-13(12)23-2/h3-8H,1-2H3. The maximum Gasteiger partial charge on any atom is 0.262 e. The highest BCUT2D eigenvalue weighted by Gasteiger charge is 2.16. The van der Waals surface area contributed by atoms with Gasteiger partial charge >= 0.3 is 0 Å². The Kier molecular flexibility index (Phi) is 3.42. The maximum atomic E-state index is 6.06. The number of halogens is 1. The van der Waals surface area contributed by atoms with E-state index in [1.54, 1.807) is 25.3 Å². The van der Waals surface area contributed by atoms with Gasteiger partial charge in [-0.05, 0) is 37.3 Å². The van der Waals surface area contributed by atoms with Crippen LogP contribution in [0.4, 0.5) is 0 Å². The number of aryl methyl sites for hydroxylation is 1. The normalized spacial score (nSPS) is 11.1. The lowest BCUT2D eigenvalue weighted by Gasteiger charge is -2.04. The molecule has 0 fully saturated rings. The Morgan fingerprint density at radius 1 is 1.17 bits per heavy atom. The van der Waals surface area contributed by atoms with Gasteiger partial charge in [-0.2, -0.15) is 4.98 Å².